The lowest BCUT2D eigenvalue weighted by atomic mass is 10.1. The third-order valence-electron chi connectivity index (χ3n) is 2.66. The fraction of sp³-hybridized carbons (Fsp3) is 0.462. The Labute approximate surface area is 112 Å². The van der Waals surface area contributed by atoms with Crippen molar-refractivity contribution in [1.82, 2.24) is 5.32 Å². The molecule has 0 saturated carbocycles. The summed E-state index contributed by atoms with van der Waals surface area (Å²) in [4.78, 5) is 12.0. The Kier molecular flexibility index (Phi) is 5.95. The summed E-state index contributed by atoms with van der Waals surface area (Å²) >= 11 is 6.00. The second-order valence-electron chi connectivity index (χ2n) is 4.14. The fourth-order valence-electron chi connectivity index (χ4n) is 1.57. The summed E-state index contributed by atoms with van der Waals surface area (Å²) in [5.41, 5.74) is 0.345. The van der Waals surface area contributed by atoms with Gasteiger partial charge in [-0.25, -0.2) is 0 Å². The van der Waals surface area contributed by atoms with Gasteiger partial charge in [0.25, 0.3) is 5.91 Å². The van der Waals surface area contributed by atoms with Gasteiger partial charge in [0, 0.05) is 13.2 Å². The van der Waals surface area contributed by atoms with Crippen LogP contribution in [0.4, 0.5) is 0 Å². The van der Waals surface area contributed by atoms with Crippen LogP contribution in [0.15, 0.2) is 18.2 Å². The molecule has 1 aromatic carbocycles. The second-order valence-corrected chi connectivity index (χ2v) is 4.55. The molecule has 0 aliphatic heterocycles. The van der Waals surface area contributed by atoms with Crippen molar-refractivity contribution in [2.75, 3.05) is 20.3 Å². The van der Waals surface area contributed by atoms with Crippen molar-refractivity contribution in [3.63, 3.8) is 0 Å². The molecule has 100 valence electrons. The average molecular weight is 272 g/mol. The van der Waals surface area contributed by atoms with Gasteiger partial charge in [0.15, 0.2) is 0 Å². The number of halogens is 1. The molecule has 1 rings (SSSR count). The molecule has 1 unspecified atom stereocenters. The van der Waals surface area contributed by atoms with Crippen molar-refractivity contribution in [1.29, 1.82) is 0 Å². The van der Waals surface area contributed by atoms with Gasteiger partial charge in [0.05, 0.1) is 17.7 Å². The maximum absolute atomic E-state index is 12.0. The predicted octanol–water partition coefficient (Wildman–Crippen LogP) is 2.10. The normalized spacial score (nSPS) is 12.0. The summed E-state index contributed by atoms with van der Waals surface area (Å²) in [5, 5.41) is 11.9. The number of amides is 1. The van der Waals surface area contributed by atoms with E-state index in [1.807, 2.05) is 6.92 Å². The summed E-state index contributed by atoms with van der Waals surface area (Å²) in [6.45, 7) is 2.57. The maximum atomic E-state index is 12.0. The smallest absolute Gasteiger partial charge is 0.256 e. The van der Waals surface area contributed by atoms with Crippen molar-refractivity contribution < 1.29 is 14.6 Å². The minimum absolute atomic E-state index is 0.118. The molecule has 0 fully saturated rings. The van der Waals surface area contributed by atoms with Crippen LogP contribution in [-0.2, 0) is 0 Å². The van der Waals surface area contributed by atoms with Gasteiger partial charge >= 0.3 is 0 Å². The number of hydrogen-bond donors (Lipinski definition) is 2. The van der Waals surface area contributed by atoms with Gasteiger partial charge in [-0.2, -0.15) is 0 Å². The van der Waals surface area contributed by atoms with E-state index in [0.29, 0.717) is 29.3 Å². The van der Waals surface area contributed by atoms with E-state index in [9.17, 15) is 4.79 Å². The quantitative estimate of drug-likeness (QED) is 0.833. The molecule has 0 heterocycles. The second kappa shape index (κ2) is 7.24. The summed E-state index contributed by atoms with van der Waals surface area (Å²) in [5.74, 6) is 0.407. The van der Waals surface area contributed by atoms with Gasteiger partial charge in [-0.3, -0.25) is 4.79 Å². The van der Waals surface area contributed by atoms with E-state index >= 15 is 0 Å². The maximum Gasteiger partial charge on any atom is 0.256 e. The first kappa shape index (κ1) is 14.8. The van der Waals surface area contributed by atoms with Crippen LogP contribution < -0.4 is 10.1 Å². The third kappa shape index (κ3) is 3.89. The van der Waals surface area contributed by atoms with Gasteiger partial charge in [-0.05, 0) is 24.5 Å². The van der Waals surface area contributed by atoms with Crippen LogP contribution in [-0.4, -0.2) is 31.3 Å². The van der Waals surface area contributed by atoms with E-state index in [1.165, 1.54) is 7.11 Å². The van der Waals surface area contributed by atoms with Crippen LogP contribution in [0.25, 0.3) is 0 Å². The van der Waals surface area contributed by atoms with E-state index in [1.54, 1.807) is 18.2 Å². The topological polar surface area (TPSA) is 58.6 Å². The van der Waals surface area contributed by atoms with Crippen molar-refractivity contribution >= 4 is 17.5 Å². The van der Waals surface area contributed by atoms with Crippen LogP contribution in [0.2, 0.25) is 5.02 Å². The van der Waals surface area contributed by atoms with Crippen molar-refractivity contribution in [2.24, 2.45) is 5.92 Å². The zero-order chi connectivity index (χ0) is 13.5. The van der Waals surface area contributed by atoms with Crippen LogP contribution >= 0.6 is 11.6 Å². The Balaban J connectivity index is 2.72. The Morgan fingerprint density at radius 3 is 2.89 bits per heavy atom. The molecule has 1 aromatic rings. The zero-order valence-electron chi connectivity index (χ0n) is 10.6. The molecule has 0 aliphatic carbocycles. The van der Waals surface area contributed by atoms with E-state index in [-0.39, 0.29) is 18.4 Å². The average Bonchev–Trinajstić information content (AvgIpc) is 2.36. The van der Waals surface area contributed by atoms with Gasteiger partial charge < -0.3 is 15.2 Å². The fourth-order valence-corrected chi connectivity index (χ4v) is 1.82. The standard InChI is InChI=1S/C13H18ClNO3/c1-9(6-7-16)8-15-13(17)12-10(14)4-3-5-11(12)18-2/h3-5,9,16H,6-8H2,1-2H3,(H,15,17). The number of nitrogens with one attached hydrogen (secondary N) is 1. The molecule has 2 N–H and O–H groups in total. The first-order chi connectivity index (χ1) is 8.60. The molecular formula is C13H18ClNO3. The molecule has 0 radical (unpaired) electrons. The molecular weight excluding hydrogens is 254 g/mol. The lowest BCUT2D eigenvalue weighted by Crippen LogP contribution is -2.29. The molecule has 1 atom stereocenters. The Morgan fingerprint density at radius 1 is 1.56 bits per heavy atom. The number of carbonyl (C=O) groups excluding carboxylic acids is 1. The molecule has 0 bridgehead atoms. The molecule has 4 nitrogen and oxygen atoms in total. The third-order valence-corrected chi connectivity index (χ3v) is 2.97. The highest BCUT2D eigenvalue weighted by molar-refractivity contribution is 6.34. The Bertz CT molecular complexity index is 409. The molecule has 0 spiro atoms. The number of methoxy groups -OCH3 is 1. The van der Waals surface area contributed by atoms with E-state index in [4.69, 9.17) is 21.4 Å². The van der Waals surface area contributed by atoms with Crippen LogP contribution in [0, 0.1) is 5.92 Å². The largest absolute Gasteiger partial charge is 0.496 e. The van der Waals surface area contributed by atoms with Crippen molar-refractivity contribution in [3.05, 3.63) is 28.8 Å². The Hall–Kier alpha value is -1.26. The van der Waals surface area contributed by atoms with E-state index in [2.05, 4.69) is 5.32 Å². The van der Waals surface area contributed by atoms with Gasteiger partial charge in [0.1, 0.15) is 5.75 Å². The molecule has 18 heavy (non-hydrogen) atoms. The van der Waals surface area contributed by atoms with Gasteiger partial charge in [-0.15, -0.1) is 0 Å². The number of hydrogen-bond acceptors (Lipinski definition) is 3. The first-order valence-corrected chi connectivity index (χ1v) is 6.19. The van der Waals surface area contributed by atoms with Gasteiger partial charge in [0.2, 0.25) is 0 Å². The summed E-state index contributed by atoms with van der Waals surface area (Å²) in [6, 6.07) is 5.07. The zero-order valence-corrected chi connectivity index (χ0v) is 11.3. The molecule has 0 saturated heterocycles. The molecule has 5 heteroatoms. The predicted molar refractivity (Wildman–Crippen MR) is 71.2 cm³/mol. The lowest BCUT2D eigenvalue weighted by Gasteiger charge is -2.13. The Morgan fingerprint density at radius 2 is 2.28 bits per heavy atom. The van der Waals surface area contributed by atoms with Crippen LogP contribution in [0.5, 0.6) is 5.75 Å². The summed E-state index contributed by atoms with van der Waals surface area (Å²) in [6.07, 6.45) is 0.653. The number of aliphatic hydroxyl groups excluding tert-OH is 1. The van der Waals surface area contributed by atoms with Crippen molar-refractivity contribution in [3.8, 4) is 5.75 Å². The van der Waals surface area contributed by atoms with Crippen LogP contribution in [0.3, 0.4) is 0 Å². The highest BCUT2D eigenvalue weighted by Crippen LogP contribution is 2.25. The highest BCUT2D eigenvalue weighted by atomic mass is 35.5. The SMILES string of the molecule is COc1cccc(Cl)c1C(=O)NCC(C)CCO. The minimum atomic E-state index is -0.262. The number of carbonyl (C=O) groups is 1. The number of aliphatic hydroxyl groups is 1. The first-order valence-electron chi connectivity index (χ1n) is 5.81. The molecule has 0 aliphatic rings. The molecule has 0 aromatic heterocycles. The number of rotatable bonds is 6. The monoisotopic (exact) mass is 271 g/mol. The van der Waals surface area contributed by atoms with Crippen molar-refractivity contribution in [2.45, 2.75) is 13.3 Å². The number of ether oxygens (including phenoxy) is 1. The summed E-state index contributed by atoms with van der Waals surface area (Å²) < 4.78 is 5.12. The lowest BCUT2D eigenvalue weighted by molar-refractivity contribution is 0.0942. The van der Waals surface area contributed by atoms with Gasteiger partial charge in [-0.1, -0.05) is 24.6 Å². The van der Waals surface area contributed by atoms with E-state index in [0.717, 1.165) is 0 Å². The minimum Gasteiger partial charge on any atom is -0.496 e. The molecule has 1 amide bonds. The number of benzene rings is 1. The summed E-state index contributed by atoms with van der Waals surface area (Å²) in [7, 11) is 1.50. The van der Waals surface area contributed by atoms with E-state index < -0.39 is 0 Å². The van der Waals surface area contributed by atoms with Crippen LogP contribution in [0.1, 0.15) is 23.7 Å². The highest BCUT2D eigenvalue weighted by Gasteiger charge is 2.16.